The van der Waals surface area contributed by atoms with Gasteiger partial charge in [-0.2, -0.15) is 0 Å². The van der Waals surface area contributed by atoms with E-state index < -0.39 is 16.8 Å². The van der Waals surface area contributed by atoms with Crippen LogP contribution in [0.15, 0.2) is 42.0 Å². The van der Waals surface area contributed by atoms with Crippen LogP contribution in [-0.4, -0.2) is 21.8 Å². The highest BCUT2D eigenvalue weighted by Gasteiger charge is 2.72. The molecule has 6 nitrogen and oxygen atoms in total. The van der Waals surface area contributed by atoms with E-state index in [1.165, 1.54) is 6.07 Å². The van der Waals surface area contributed by atoms with Crippen LogP contribution < -0.4 is 0 Å². The standard InChI is InChI=1S/C37H49NO5/c1-22(2)26-13-16-37(32(40)41)18-17-35(6)27(30(26)37)11-12-29-34(5)21-24(19-23-9-8-10-25(20-23)38(42)43)31(39)33(3,4)28(34)14-15-36(29,35)7/h8-10,19-20,26-30H,1,11-18,21H2,2-7H3,(H,40,41)/b24-19-/t26-,27?,28?,29?,30?,34-,35+,36+,37?/m0/s1. The quantitative estimate of drug-likeness (QED) is 0.164. The maximum atomic E-state index is 14.1. The van der Waals surface area contributed by atoms with E-state index in [4.69, 9.17) is 0 Å². The molecule has 5 aliphatic rings. The molecule has 0 radical (unpaired) electrons. The summed E-state index contributed by atoms with van der Waals surface area (Å²) in [5.41, 5.74) is 1.45. The van der Waals surface area contributed by atoms with Crippen LogP contribution in [0.5, 0.6) is 0 Å². The minimum atomic E-state index is -0.633. The number of carbonyl (C=O) groups excluding carboxylic acids is 1. The van der Waals surface area contributed by atoms with Gasteiger partial charge in [0.15, 0.2) is 5.78 Å². The SMILES string of the molecule is C=C(C)[C@@H]1CCC2(C(=O)O)CC[C@]3(C)C(CCC4[C@@]5(C)C/C(=C/c6cccc([N+](=O)[O-])c6)C(=O)C(C)(C)C5CC[C@]43C)C12. The van der Waals surface area contributed by atoms with Gasteiger partial charge in [-0.1, -0.05) is 58.9 Å². The summed E-state index contributed by atoms with van der Waals surface area (Å²) in [6, 6.07) is 6.59. The fourth-order valence-electron chi connectivity index (χ4n) is 12.4. The molecule has 0 bridgehead atoms. The van der Waals surface area contributed by atoms with E-state index in [2.05, 4.69) is 48.1 Å². The topological polar surface area (TPSA) is 97.5 Å². The van der Waals surface area contributed by atoms with Gasteiger partial charge in [-0.05, 0) is 128 Å². The van der Waals surface area contributed by atoms with Gasteiger partial charge in [0.1, 0.15) is 0 Å². The lowest BCUT2D eigenvalue weighted by Crippen LogP contribution is -2.67. The zero-order valence-corrected chi connectivity index (χ0v) is 26.9. The number of hydrogen-bond acceptors (Lipinski definition) is 4. The second-order valence-electron chi connectivity index (χ2n) is 16.4. The number of carboxylic acid groups (broad SMARTS) is 1. The second-order valence-corrected chi connectivity index (χ2v) is 16.4. The smallest absolute Gasteiger partial charge is 0.309 e. The summed E-state index contributed by atoms with van der Waals surface area (Å²) in [4.78, 5) is 38.1. The highest BCUT2D eigenvalue weighted by molar-refractivity contribution is 6.04. The van der Waals surface area contributed by atoms with Crippen molar-refractivity contribution in [3.8, 4) is 0 Å². The first kappa shape index (κ1) is 30.3. The van der Waals surface area contributed by atoms with Crippen LogP contribution in [0.4, 0.5) is 5.69 Å². The zero-order chi connectivity index (χ0) is 31.3. The van der Waals surface area contributed by atoms with Crippen molar-refractivity contribution in [3.05, 3.63) is 57.7 Å². The molecule has 5 saturated carbocycles. The molecule has 0 aromatic heterocycles. The van der Waals surface area contributed by atoms with Gasteiger partial charge in [-0.25, -0.2) is 0 Å². The predicted molar refractivity (Wildman–Crippen MR) is 168 cm³/mol. The van der Waals surface area contributed by atoms with E-state index in [0.29, 0.717) is 23.8 Å². The normalized spacial score (nSPS) is 44.1. The summed E-state index contributed by atoms with van der Waals surface area (Å²) in [5.74, 6) is 0.980. The van der Waals surface area contributed by atoms with Crippen LogP contribution in [0.25, 0.3) is 6.08 Å². The molecule has 6 heteroatoms. The molecule has 1 aromatic carbocycles. The Bertz CT molecular complexity index is 1440. The molecule has 1 N–H and O–H groups in total. The lowest BCUT2D eigenvalue weighted by atomic mass is 9.32. The first-order valence-electron chi connectivity index (χ1n) is 16.4. The lowest BCUT2D eigenvalue weighted by Gasteiger charge is -2.72. The lowest BCUT2D eigenvalue weighted by molar-refractivity contribution is -0.384. The highest BCUT2D eigenvalue weighted by atomic mass is 16.6. The van der Waals surface area contributed by atoms with Gasteiger partial charge >= 0.3 is 5.97 Å². The summed E-state index contributed by atoms with van der Waals surface area (Å²) < 4.78 is 0. The molecule has 0 heterocycles. The number of carboxylic acids is 1. The van der Waals surface area contributed by atoms with Crippen LogP contribution >= 0.6 is 0 Å². The Balaban J connectivity index is 1.41. The number of rotatable bonds is 4. The van der Waals surface area contributed by atoms with E-state index in [0.717, 1.165) is 62.5 Å². The predicted octanol–water partition coefficient (Wildman–Crippen LogP) is 8.90. The molecular formula is C37H49NO5. The molecule has 5 unspecified atom stereocenters. The van der Waals surface area contributed by atoms with Crippen LogP contribution in [0, 0.1) is 66.8 Å². The Labute approximate surface area is 256 Å². The average molecular weight is 588 g/mol. The van der Waals surface area contributed by atoms with Crippen LogP contribution in [0.2, 0.25) is 0 Å². The number of nitro benzene ring substituents is 1. The summed E-state index contributed by atoms with van der Waals surface area (Å²) in [6.45, 7) is 18.1. The Morgan fingerprint density at radius 2 is 1.72 bits per heavy atom. The van der Waals surface area contributed by atoms with Gasteiger partial charge in [0.2, 0.25) is 0 Å². The van der Waals surface area contributed by atoms with Gasteiger partial charge in [0.25, 0.3) is 5.69 Å². The summed E-state index contributed by atoms with van der Waals surface area (Å²) in [5, 5.41) is 22.1. The molecule has 0 amide bonds. The molecule has 43 heavy (non-hydrogen) atoms. The van der Waals surface area contributed by atoms with Gasteiger partial charge in [0, 0.05) is 17.5 Å². The third kappa shape index (κ3) is 3.96. The average Bonchev–Trinajstić information content (AvgIpc) is 3.34. The number of fused-ring (bicyclic) bond motifs is 7. The minimum Gasteiger partial charge on any atom is -0.481 e. The number of ketones is 1. The van der Waals surface area contributed by atoms with Gasteiger partial charge in [-0.3, -0.25) is 19.7 Å². The van der Waals surface area contributed by atoms with Crippen molar-refractivity contribution in [1.29, 1.82) is 0 Å². The van der Waals surface area contributed by atoms with Gasteiger partial charge in [0.05, 0.1) is 10.3 Å². The molecule has 5 aliphatic carbocycles. The fraction of sp³-hybridized carbons (Fsp3) is 0.676. The second kappa shape index (κ2) is 9.62. The van der Waals surface area contributed by atoms with Crippen LogP contribution in [-0.2, 0) is 9.59 Å². The Hall–Kier alpha value is -2.76. The molecular weight excluding hydrogens is 538 g/mol. The van der Waals surface area contributed by atoms with Crippen LogP contribution in [0.1, 0.15) is 105 Å². The Morgan fingerprint density at radius 3 is 2.37 bits per heavy atom. The monoisotopic (exact) mass is 587 g/mol. The largest absolute Gasteiger partial charge is 0.481 e. The van der Waals surface area contributed by atoms with Gasteiger partial charge in [-0.15, -0.1) is 0 Å². The molecule has 0 spiro atoms. The molecule has 1 aromatic rings. The molecule has 232 valence electrons. The van der Waals surface area contributed by atoms with Crippen molar-refractivity contribution in [1.82, 2.24) is 0 Å². The number of non-ortho nitro benzene ring substituents is 1. The number of aliphatic carboxylic acids is 1. The number of nitrogens with zero attached hydrogens (tertiary/aromatic N) is 1. The summed E-state index contributed by atoms with van der Waals surface area (Å²) in [6.07, 6.45) is 10.1. The van der Waals surface area contributed by atoms with E-state index in [-0.39, 0.29) is 50.4 Å². The van der Waals surface area contributed by atoms with Crippen LogP contribution in [0.3, 0.4) is 0 Å². The fourth-order valence-corrected chi connectivity index (χ4v) is 12.4. The number of carbonyl (C=O) groups is 2. The maximum absolute atomic E-state index is 14.1. The molecule has 6 rings (SSSR count). The number of nitro groups is 1. The molecule has 0 aliphatic heterocycles. The molecule has 9 atom stereocenters. The number of Topliss-reactive ketones (excluding diaryl/α,β-unsaturated/α-hetero) is 1. The number of benzene rings is 1. The van der Waals surface area contributed by atoms with Gasteiger partial charge < -0.3 is 5.11 Å². The van der Waals surface area contributed by atoms with Crippen molar-refractivity contribution in [3.63, 3.8) is 0 Å². The zero-order valence-electron chi connectivity index (χ0n) is 26.9. The van der Waals surface area contributed by atoms with Crippen molar-refractivity contribution >= 4 is 23.5 Å². The first-order chi connectivity index (χ1) is 20.0. The number of allylic oxidation sites excluding steroid dienone is 2. The van der Waals surface area contributed by atoms with Crippen molar-refractivity contribution in [2.24, 2.45) is 56.7 Å². The third-order valence-corrected chi connectivity index (χ3v) is 14.5. The van der Waals surface area contributed by atoms with E-state index in [1.807, 2.05) is 12.1 Å². The van der Waals surface area contributed by atoms with E-state index in [1.54, 1.807) is 12.1 Å². The minimum absolute atomic E-state index is 0.0150. The van der Waals surface area contributed by atoms with Crippen molar-refractivity contribution in [2.45, 2.75) is 99.3 Å². The Kier molecular flexibility index (Phi) is 6.77. The Morgan fingerprint density at radius 1 is 1.00 bits per heavy atom. The molecule has 5 fully saturated rings. The summed E-state index contributed by atoms with van der Waals surface area (Å²) >= 11 is 0. The highest BCUT2D eigenvalue weighted by Crippen LogP contribution is 2.77. The third-order valence-electron chi connectivity index (χ3n) is 14.5. The first-order valence-corrected chi connectivity index (χ1v) is 16.4. The van der Waals surface area contributed by atoms with E-state index in [9.17, 15) is 24.8 Å². The summed E-state index contributed by atoms with van der Waals surface area (Å²) in [7, 11) is 0. The molecule has 0 saturated heterocycles. The van der Waals surface area contributed by atoms with E-state index >= 15 is 0 Å². The van der Waals surface area contributed by atoms with Crippen molar-refractivity contribution < 1.29 is 19.6 Å². The number of hydrogen-bond donors (Lipinski definition) is 1. The maximum Gasteiger partial charge on any atom is 0.309 e. The van der Waals surface area contributed by atoms with Crippen molar-refractivity contribution in [2.75, 3.05) is 0 Å².